The SMILES string of the molecule is CC(=O)Nc1ccc(F)c(NC(=O)N(Cc2cccnc2)CC2CCCO2)c1. The molecule has 1 atom stereocenters. The van der Waals surface area contributed by atoms with Crippen molar-refractivity contribution in [1.82, 2.24) is 9.88 Å². The molecule has 3 rings (SSSR count). The van der Waals surface area contributed by atoms with E-state index in [4.69, 9.17) is 4.74 Å². The molecule has 0 saturated carbocycles. The summed E-state index contributed by atoms with van der Waals surface area (Å²) < 4.78 is 19.8. The lowest BCUT2D eigenvalue weighted by molar-refractivity contribution is -0.114. The Morgan fingerprint density at radius 1 is 1.32 bits per heavy atom. The summed E-state index contributed by atoms with van der Waals surface area (Å²) in [6.45, 7) is 2.76. The van der Waals surface area contributed by atoms with Crippen LogP contribution in [0.5, 0.6) is 0 Å². The van der Waals surface area contributed by atoms with Crippen LogP contribution in [0.15, 0.2) is 42.7 Å². The first-order valence-electron chi connectivity index (χ1n) is 9.15. The molecule has 1 aromatic heterocycles. The van der Waals surface area contributed by atoms with E-state index in [0.29, 0.717) is 25.4 Å². The molecule has 2 heterocycles. The van der Waals surface area contributed by atoms with Crippen molar-refractivity contribution in [2.24, 2.45) is 0 Å². The normalized spacial score (nSPS) is 15.9. The second kappa shape index (κ2) is 9.27. The summed E-state index contributed by atoms with van der Waals surface area (Å²) in [7, 11) is 0. The van der Waals surface area contributed by atoms with Gasteiger partial charge in [0, 0.05) is 44.7 Å². The van der Waals surface area contributed by atoms with Crippen LogP contribution in [0.3, 0.4) is 0 Å². The molecular weight excluding hydrogens is 363 g/mol. The Morgan fingerprint density at radius 3 is 2.86 bits per heavy atom. The average Bonchev–Trinajstić information content (AvgIpc) is 3.17. The van der Waals surface area contributed by atoms with E-state index in [2.05, 4.69) is 15.6 Å². The van der Waals surface area contributed by atoms with Crippen molar-refractivity contribution in [3.05, 3.63) is 54.1 Å². The van der Waals surface area contributed by atoms with Crippen LogP contribution in [0.4, 0.5) is 20.6 Å². The van der Waals surface area contributed by atoms with Crippen LogP contribution >= 0.6 is 0 Å². The monoisotopic (exact) mass is 386 g/mol. The van der Waals surface area contributed by atoms with Crippen LogP contribution < -0.4 is 10.6 Å². The molecule has 1 unspecified atom stereocenters. The number of pyridine rings is 1. The van der Waals surface area contributed by atoms with Crippen molar-refractivity contribution in [1.29, 1.82) is 0 Å². The predicted octanol–water partition coefficient (Wildman–Crippen LogP) is 3.39. The number of carbonyl (C=O) groups excluding carboxylic acids is 2. The Hall–Kier alpha value is -3.00. The van der Waals surface area contributed by atoms with Gasteiger partial charge in [-0.15, -0.1) is 0 Å². The number of nitrogens with one attached hydrogen (secondary N) is 2. The fraction of sp³-hybridized carbons (Fsp3) is 0.350. The molecule has 148 valence electrons. The number of urea groups is 1. The molecule has 0 bridgehead atoms. The summed E-state index contributed by atoms with van der Waals surface area (Å²) in [4.78, 5) is 29.7. The summed E-state index contributed by atoms with van der Waals surface area (Å²) in [5, 5.41) is 5.18. The lowest BCUT2D eigenvalue weighted by Crippen LogP contribution is -2.39. The Bertz CT molecular complexity index is 825. The fourth-order valence-corrected chi connectivity index (χ4v) is 3.06. The second-order valence-electron chi connectivity index (χ2n) is 6.68. The fourth-order valence-electron chi connectivity index (χ4n) is 3.06. The van der Waals surface area contributed by atoms with Gasteiger partial charge in [0.2, 0.25) is 5.91 Å². The first kappa shape index (κ1) is 19.8. The van der Waals surface area contributed by atoms with Gasteiger partial charge in [-0.3, -0.25) is 9.78 Å². The molecule has 1 aliphatic rings. The number of rotatable bonds is 6. The number of hydrogen-bond acceptors (Lipinski definition) is 4. The van der Waals surface area contributed by atoms with Gasteiger partial charge in [-0.2, -0.15) is 0 Å². The lowest BCUT2D eigenvalue weighted by atomic mass is 10.2. The van der Waals surface area contributed by atoms with Crippen LogP contribution in [0, 0.1) is 5.82 Å². The molecule has 2 N–H and O–H groups in total. The zero-order valence-electron chi connectivity index (χ0n) is 15.7. The third kappa shape index (κ3) is 5.50. The van der Waals surface area contributed by atoms with E-state index in [9.17, 15) is 14.0 Å². The third-order valence-corrected chi connectivity index (χ3v) is 4.36. The number of aromatic nitrogens is 1. The van der Waals surface area contributed by atoms with Gasteiger partial charge in [0.05, 0.1) is 11.8 Å². The highest BCUT2D eigenvalue weighted by atomic mass is 19.1. The molecule has 8 heteroatoms. The maximum absolute atomic E-state index is 14.2. The summed E-state index contributed by atoms with van der Waals surface area (Å²) in [5.74, 6) is -0.860. The van der Waals surface area contributed by atoms with Crippen LogP contribution in [0.1, 0.15) is 25.3 Å². The van der Waals surface area contributed by atoms with Gasteiger partial charge in [-0.25, -0.2) is 9.18 Å². The van der Waals surface area contributed by atoms with Crippen molar-refractivity contribution in [3.63, 3.8) is 0 Å². The third-order valence-electron chi connectivity index (χ3n) is 4.36. The van der Waals surface area contributed by atoms with Crippen molar-refractivity contribution in [2.75, 3.05) is 23.8 Å². The Labute approximate surface area is 162 Å². The molecule has 1 aromatic carbocycles. The molecule has 1 fully saturated rings. The first-order chi connectivity index (χ1) is 13.5. The van der Waals surface area contributed by atoms with Gasteiger partial charge in [-0.05, 0) is 42.7 Å². The zero-order valence-corrected chi connectivity index (χ0v) is 15.7. The van der Waals surface area contributed by atoms with Crippen molar-refractivity contribution >= 4 is 23.3 Å². The number of ether oxygens (including phenoxy) is 1. The number of hydrogen-bond donors (Lipinski definition) is 2. The molecule has 0 aliphatic carbocycles. The number of amides is 3. The van der Waals surface area contributed by atoms with Gasteiger partial charge in [-0.1, -0.05) is 6.07 Å². The minimum atomic E-state index is -0.583. The lowest BCUT2D eigenvalue weighted by Gasteiger charge is -2.26. The first-order valence-corrected chi connectivity index (χ1v) is 9.15. The number of carbonyl (C=O) groups is 2. The maximum Gasteiger partial charge on any atom is 0.322 e. The van der Waals surface area contributed by atoms with Crippen LogP contribution in [-0.4, -0.2) is 41.1 Å². The van der Waals surface area contributed by atoms with Gasteiger partial charge < -0.3 is 20.3 Å². The van der Waals surface area contributed by atoms with E-state index in [1.165, 1.54) is 25.1 Å². The molecule has 7 nitrogen and oxygen atoms in total. The molecule has 0 spiro atoms. The van der Waals surface area contributed by atoms with Gasteiger partial charge in [0.25, 0.3) is 0 Å². The summed E-state index contributed by atoms with van der Waals surface area (Å²) in [6, 6.07) is 7.26. The molecule has 1 saturated heterocycles. The van der Waals surface area contributed by atoms with E-state index >= 15 is 0 Å². The zero-order chi connectivity index (χ0) is 19.9. The molecule has 0 radical (unpaired) electrons. The number of nitrogens with zero attached hydrogens (tertiary/aromatic N) is 2. The van der Waals surface area contributed by atoms with Crippen LogP contribution in [-0.2, 0) is 16.1 Å². The van der Waals surface area contributed by atoms with E-state index in [-0.39, 0.29) is 17.7 Å². The largest absolute Gasteiger partial charge is 0.376 e. The van der Waals surface area contributed by atoms with Gasteiger partial charge >= 0.3 is 6.03 Å². The number of halogens is 1. The standard InChI is InChI=1S/C20H23FN4O3/c1-14(26)23-16-6-7-18(21)19(10-16)24-20(27)25(13-17-5-3-9-28-17)12-15-4-2-8-22-11-15/h2,4,6-8,10-11,17H,3,5,9,12-13H2,1H3,(H,23,26)(H,24,27). The van der Waals surface area contributed by atoms with Gasteiger partial charge in [0.15, 0.2) is 0 Å². The molecule has 1 aliphatic heterocycles. The highest BCUT2D eigenvalue weighted by Gasteiger charge is 2.23. The summed E-state index contributed by atoms with van der Waals surface area (Å²) in [6.07, 6.45) is 5.15. The molecule has 3 amide bonds. The quantitative estimate of drug-likeness (QED) is 0.797. The Morgan fingerprint density at radius 2 is 2.18 bits per heavy atom. The predicted molar refractivity (Wildman–Crippen MR) is 103 cm³/mol. The highest BCUT2D eigenvalue weighted by Crippen LogP contribution is 2.21. The van der Waals surface area contributed by atoms with Crippen LogP contribution in [0.25, 0.3) is 0 Å². The average molecular weight is 386 g/mol. The molecule has 28 heavy (non-hydrogen) atoms. The molecule has 2 aromatic rings. The topological polar surface area (TPSA) is 83.6 Å². The summed E-state index contributed by atoms with van der Waals surface area (Å²) in [5.41, 5.74) is 1.27. The summed E-state index contributed by atoms with van der Waals surface area (Å²) >= 11 is 0. The minimum absolute atomic E-state index is 0.000206. The van der Waals surface area contributed by atoms with Crippen LogP contribution in [0.2, 0.25) is 0 Å². The van der Waals surface area contributed by atoms with E-state index in [0.717, 1.165) is 18.4 Å². The van der Waals surface area contributed by atoms with Crippen molar-refractivity contribution in [2.45, 2.75) is 32.4 Å². The van der Waals surface area contributed by atoms with E-state index in [1.807, 2.05) is 6.07 Å². The molecular formula is C20H23FN4O3. The maximum atomic E-state index is 14.2. The van der Waals surface area contributed by atoms with E-state index < -0.39 is 11.8 Å². The Balaban J connectivity index is 1.75. The van der Waals surface area contributed by atoms with E-state index in [1.54, 1.807) is 23.4 Å². The number of benzene rings is 1. The smallest absolute Gasteiger partial charge is 0.322 e. The second-order valence-corrected chi connectivity index (χ2v) is 6.68. The van der Waals surface area contributed by atoms with Crippen molar-refractivity contribution in [3.8, 4) is 0 Å². The van der Waals surface area contributed by atoms with Gasteiger partial charge in [0.1, 0.15) is 5.82 Å². The number of anilines is 2. The minimum Gasteiger partial charge on any atom is -0.376 e. The van der Waals surface area contributed by atoms with Crippen molar-refractivity contribution < 1.29 is 18.7 Å². The highest BCUT2D eigenvalue weighted by molar-refractivity contribution is 5.92. The Kier molecular flexibility index (Phi) is 6.54.